The normalized spacial score (nSPS) is 10.3. The summed E-state index contributed by atoms with van der Waals surface area (Å²) in [5.41, 5.74) is 6.26. The van der Waals surface area contributed by atoms with Gasteiger partial charge in [-0.15, -0.1) is 0 Å². The standard InChI is InChI=1S/C6H6N4O2/c7-5-2-1-3-6(4-5)8-9-10(11)12/h1-4H,7H2. The van der Waals surface area contributed by atoms with E-state index in [9.17, 15) is 10.1 Å². The lowest BCUT2D eigenvalue weighted by Crippen LogP contribution is -1.83. The molecule has 0 fully saturated rings. The third kappa shape index (κ3) is 2.33. The minimum absolute atomic E-state index is 0.367. The van der Waals surface area contributed by atoms with Crippen molar-refractivity contribution in [2.75, 3.05) is 5.73 Å². The molecule has 0 atom stereocenters. The van der Waals surface area contributed by atoms with Crippen molar-refractivity contribution in [1.29, 1.82) is 0 Å². The second-order valence-electron chi connectivity index (χ2n) is 2.02. The van der Waals surface area contributed by atoms with Crippen molar-refractivity contribution < 1.29 is 5.03 Å². The van der Waals surface area contributed by atoms with Gasteiger partial charge < -0.3 is 15.8 Å². The van der Waals surface area contributed by atoms with Crippen molar-refractivity contribution >= 4 is 11.4 Å². The molecule has 0 aliphatic rings. The van der Waals surface area contributed by atoms with E-state index in [0.717, 1.165) is 0 Å². The molecule has 12 heavy (non-hydrogen) atoms. The third-order valence-electron chi connectivity index (χ3n) is 1.10. The Hall–Kier alpha value is -1.98. The fourth-order valence-electron chi connectivity index (χ4n) is 0.675. The summed E-state index contributed by atoms with van der Waals surface area (Å²) in [4.78, 5) is 9.77. The average molecular weight is 166 g/mol. The number of benzene rings is 1. The molecule has 6 nitrogen and oxygen atoms in total. The van der Waals surface area contributed by atoms with Crippen LogP contribution in [-0.2, 0) is 0 Å². The summed E-state index contributed by atoms with van der Waals surface area (Å²) >= 11 is 0. The van der Waals surface area contributed by atoms with Gasteiger partial charge in [0.25, 0.3) is 0 Å². The van der Waals surface area contributed by atoms with E-state index in [1.54, 1.807) is 18.2 Å². The molecule has 0 aromatic heterocycles. The van der Waals surface area contributed by atoms with Crippen LogP contribution in [0.5, 0.6) is 0 Å². The van der Waals surface area contributed by atoms with Gasteiger partial charge in [-0.1, -0.05) is 6.07 Å². The summed E-state index contributed by atoms with van der Waals surface area (Å²) in [5.74, 6) is 0. The highest BCUT2D eigenvalue weighted by atomic mass is 16.7. The van der Waals surface area contributed by atoms with Crippen LogP contribution >= 0.6 is 0 Å². The molecule has 0 saturated carbocycles. The number of nitrogens with two attached hydrogens (primary N) is 1. The van der Waals surface area contributed by atoms with Gasteiger partial charge in [-0.3, -0.25) is 0 Å². The smallest absolute Gasteiger partial charge is 0.205 e. The molecule has 2 N–H and O–H groups in total. The van der Waals surface area contributed by atoms with Crippen LogP contribution < -0.4 is 5.73 Å². The lowest BCUT2D eigenvalue weighted by molar-refractivity contribution is -0.493. The van der Waals surface area contributed by atoms with Crippen LogP contribution in [0.2, 0.25) is 0 Å². The first-order valence-corrected chi connectivity index (χ1v) is 3.10. The molecule has 0 spiro atoms. The number of hydrogen-bond donors (Lipinski definition) is 1. The molecule has 1 aromatic rings. The van der Waals surface area contributed by atoms with Crippen LogP contribution in [0.4, 0.5) is 11.4 Å². The Bertz CT molecular complexity index is 323. The molecule has 0 amide bonds. The maximum Gasteiger partial charge on any atom is 0.205 e. The third-order valence-corrected chi connectivity index (χ3v) is 1.10. The molecular formula is C6H6N4O2. The molecule has 0 radical (unpaired) electrons. The van der Waals surface area contributed by atoms with Gasteiger partial charge in [0.15, 0.2) is 5.22 Å². The second-order valence-corrected chi connectivity index (χ2v) is 2.02. The molecule has 6 heteroatoms. The van der Waals surface area contributed by atoms with Crippen molar-refractivity contribution in [3.05, 3.63) is 34.4 Å². The maximum atomic E-state index is 9.77. The Balaban J connectivity index is 2.83. The van der Waals surface area contributed by atoms with Gasteiger partial charge in [0.2, 0.25) is 5.69 Å². The van der Waals surface area contributed by atoms with E-state index in [4.69, 9.17) is 5.73 Å². The Kier molecular flexibility index (Phi) is 2.32. The Morgan fingerprint density at radius 2 is 2.25 bits per heavy atom. The number of hydrogen-bond acceptors (Lipinski definition) is 4. The topological polar surface area (TPSA) is 93.9 Å². The first kappa shape index (κ1) is 8.12. The number of nitro groups is 1. The zero-order valence-electron chi connectivity index (χ0n) is 6.04. The highest BCUT2D eigenvalue weighted by Crippen LogP contribution is 2.15. The zero-order valence-corrected chi connectivity index (χ0v) is 6.04. The van der Waals surface area contributed by atoms with E-state index >= 15 is 0 Å². The lowest BCUT2D eigenvalue weighted by Gasteiger charge is -1.87. The van der Waals surface area contributed by atoms with E-state index in [1.165, 1.54) is 6.07 Å². The van der Waals surface area contributed by atoms with E-state index < -0.39 is 5.03 Å². The van der Waals surface area contributed by atoms with Gasteiger partial charge in [-0.25, -0.2) is 0 Å². The monoisotopic (exact) mass is 166 g/mol. The minimum atomic E-state index is -0.872. The predicted molar refractivity (Wildman–Crippen MR) is 42.4 cm³/mol. The summed E-state index contributed by atoms with van der Waals surface area (Å²) in [5, 5.41) is 14.9. The quantitative estimate of drug-likeness (QED) is 0.312. The predicted octanol–water partition coefficient (Wildman–Crippen LogP) is 1.54. The molecule has 1 aromatic carbocycles. The SMILES string of the molecule is Nc1cccc(N=N[N+](=O)[O-])c1. The summed E-state index contributed by atoms with van der Waals surface area (Å²) in [6.45, 7) is 0. The van der Waals surface area contributed by atoms with Gasteiger partial charge in [-0.05, 0) is 12.1 Å². The molecule has 0 aliphatic carbocycles. The van der Waals surface area contributed by atoms with Gasteiger partial charge in [0, 0.05) is 11.8 Å². The average Bonchev–Trinajstić information content (AvgIpc) is 2.01. The first-order chi connectivity index (χ1) is 5.68. The van der Waals surface area contributed by atoms with Crippen LogP contribution in [0.3, 0.4) is 0 Å². The maximum absolute atomic E-state index is 9.77. The summed E-state index contributed by atoms with van der Waals surface area (Å²) in [7, 11) is 0. The van der Waals surface area contributed by atoms with Crippen LogP contribution in [-0.4, -0.2) is 5.03 Å². The number of nitrogens with zero attached hydrogens (tertiary/aromatic N) is 3. The van der Waals surface area contributed by atoms with Crippen molar-refractivity contribution in [2.45, 2.75) is 0 Å². The molecule has 0 unspecified atom stereocenters. The van der Waals surface area contributed by atoms with E-state index in [0.29, 0.717) is 11.4 Å². The van der Waals surface area contributed by atoms with Crippen LogP contribution in [0.1, 0.15) is 0 Å². The summed E-state index contributed by atoms with van der Waals surface area (Å²) in [6, 6.07) is 6.37. The zero-order chi connectivity index (χ0) is 8.97. The molecule has 0 bridgehead atoms. The molecule has 0 aliphatic heterocycles. The fraction of sp³-hybridized carbons (Fsp3) is 0. The minimum Gasteiger partial charge on any atom is -0.399 e. The van der Waals surface area contributed by atoms with Crippen LogP contribution in [0, 0.1) is 10.1 Å². The fourth-order valence-corrected chi connectivity index (χ4v) is 0.675. The highest BCUT2D eigenvalue weighted by molar-refractivity contribution is 5.49. The summed E-state index contributed by atoms with van der Waals surface area (Å²) < 4.78 is 0. The largest absolute Gasteiger partial charge is 0.399 e. The number of nitrogen functional groups attached to an aromatic ring is 1. The first-order valence-electron chi connectivity index (χ1n) is 3.10. The van der Waals surface area contributed by atoms with Crippen molar-refractivity contribution in [1.82, 2.24) is 0 Å². The molecule has 0 heterocycles. The van der Waals surface area contributed by atoms with Crippen molar-refractivity contribution in [3.63, 3.8) is 0 Å². The number of rotatable bonds is 2. The van der Waals surface area contributed by atoms with Gasteiger partial charge in [-0.2, -0.15) is 0 Å². The van der Waals surface area contributed by atoms with E-state index in [-0.39, 0.29) is 0 Å². The van der Waals surface area contributed by atoms with E-state index in [1.807, 2.05) is 0 Å². The number of anilines is 1. The Morgan fingerprint density at radius 1 is 1.50 bits per heavy atom. The molecule has 0 saturated heterocycles. The second kappa shape index (κ2) is 3.42. The molecule has 62 valence electrons. The Labute approximate surface area is 67.8 Å². The van der Waals surface area contributed by atoms with Gasteiger partial charge in [0.05, 0.1) is 10.1 Å². The van der Waals surface area contributed by atoms with E-state index in [2.05, 4.69) is 10.3 Å². The Morgan fingerprint density at radius 3 is 2.83 bits per heavy atom. The van der Waals surface area contributed by atoms with Crippen molar-refractivity contribution in [3.8, 4) is 0 Å². The van der Waals surface area contributed by atoms with Crippen LogP contribution in [0.25, 0.3) is 0 Å². The molecular weight excluding hydrogens is 160 g/mol. The molecule has 1 rings (SSSR count). The summed E-state index contributed by atoms with van der Waals surface area (Å²) in [6.07, 6.45) is 0. The van der Waals surface area contributed by atoms with Crippen LogP contribution in [0.15, 0.2) is 34.6 Å². The lowest BCUT2D eigenvalue weighted by atomic mass is 10.3. The highest BCUT2D eigenvalue weighted by Gasteiger charge is 1.96. The van der Waals surface area contributed by atoms with Crippen molar-refractivity contribution in [2.24, 2.45) is 10.3 Å². The van der Waals surface area contributed by atoms with Gasteiger partial charge in [0.1, 0.15) is 0 Å². The van der Waals surface area contributed by atoms with Gasteiger partial charge >= 0.3 is 0 Å².